The molecular weight excluding hydrogens is 252 g/mol. The van der Waals surface area contributed by atoms with E-state index >= 15 is 0 Å². The summed E-state index contributed by atoms with van der Waals surface area (Å²) in [7, 11) is 0. The molecule has 4 heteroatoms. The first-order valence-electron chi connectivity index (χ1n) is 6.47. The van der Waals surface area contributed by atoms with Crippen molar-refractivity contribution in [3.63, 3.8) is 0 Å². The van der Waals surface area contributed by atoms with E-state index in [-0.39, 0.29) is 11.6 Å². The molecule has 1 saturated carbocycles. The Kier molecular flexibility index (Phi) is 3.21. The Bertz CT molecular complexity index is 568. The minimum absolute atomic E-state index is 0.373. The van der Waals surface area contributed by atoms with E-state index in [1.54, 1.807) is 0 Å². The predicted octanol–water partition coefficient (Wildman–Crippen LogP) is 2.10. The zero-order valence-electron chi connectivity index (χ0n) is 10.7. The van der Waals surface area contributed by atoms with Gasteiger partial charge in [0.25, 0.3) is 0 Å². The SMILES string of the molecule is O=C1C(=O)C(Nc2ccccc2)C1Nc1ccccc1. The van der Waals surface area contributed by atoms with Crippen LogP contribution < -0.4 is 10.6 Å². The van der Waals surface area contributed by atoms with E-state index in [9.17, 15) is 9.59 Å². The van der Waals surface area contributed by atoms with Crippen molar-refractivity contribution in [3.05, 3.63) is 60.7 Å². The molecule has 4 nitrogen and oxygen atoms in total. The molecule has 2 aromatic carbocycles. The summed E-state index contributed by atoms with van der Waals surface area (Å²) in [5.74, 6) is -0.746. The third-order valence-corrected chi connectivity index (χ3v) is 3.33. The van der Waals surface area contributed by atoms with Crippen LogP contribution in [0.1, 0.15) is 0 Å². The van der Waals surface area contributed by atoms with Gasteiger partial charge in [0.1, 0.15) is 12.1 Å². The standard InChI is InChI=1S/C16H14N2O2/c19-15-13(17-11-7-3-1-4-8-11)14(16(15)20)18-12-9-5-2-6-10-12/h1-10,13-14,17-18H. The summed E-state index contributed by atoms with van der Waals surface area (Å²) in [5, 5.41) is 6.19. The quantitative estimate of drug-likeness (QED) is 0.832. The number of hydrogen-bond acceptors (Lipinski definition) is 4. The minimum Gasteiger partial charge on any atom is -0.373 e. The number of carbonyl (C=O) groups is 2. The van der Waals surface area contributed by atoms with E-state index in [0.717, 1.165) is 11.4 Å². The molecule has 20 heavy (non-hydrogen) atoms. The minimum atomic E-state index is -0.509. The molecule has 100 valence electrons. The lowest BCUT2D eigenvalue weighted by Crippen LogP contribution is -2.64. The first kappa shape index (κ1) is 12.4. The maximum absolute atomic E-state index is 11.7. The Morgan fingerprint density at radius 3 is 1.30 bits per heavy atom. The molecular formula is C16H14N2O2. The van der Waals surface area contributed by atoms with Gasteiger partial charge < -0.3 is 10.6 Å². The third kappa shape index (κ3) is 2.28. The van der Waals surface area contributed by atoms with Crippen LogP contribution in [0.4, 0.5) is 11.4 Å². The molecule has 0 aliphatic heterocycles. The predicted molar refractivity (Wildman–Crippen MR) is 77.7 cm³/mol. The lowest BCUT2D eigenvalue weighted by Gasteiger charge is -2.35. The van der Waals surface area contributed by atoms with Crippen LogP contribution in [0.25, 0.3) is 0 Å². The molecule has 1 aliphatic rings. The summed E-state index contributed by atoms with van der Waals surface area (Å²) >= 11 is 0. The van der Waals surface area contributed by atoms with Crippen LogP contribution in [-0.2, 0) is 9.59 Å². The van der Waals surface area contributed by atoms with Gasteiger partial charge in [-0.2, -0.15) is 0 Å². The van der Waals surface area contributed by atoms with E-state index in [1.807, 2.05) is 60.7 Å². The summed E-state index contributed by atoms with van der Waals surface area (Å²) in [6.07, 6.45) is 0. The third-order valence-electron chi connectivity index (χ3n) is 3.33. The average molecular weight is 266 g/mol. The van der Waals surface area contributed by atoms with Gasteiger partial charge in [-0.1, -0.05) is 36.4 Å². The fourth-order valence-corrected chi connectivity index (χ4v) is 2.24. The zero-order valence-corrected chi connectivity index (χ0v) is 10.7. The van der Waals surface area contributed by atoms with Crippen molar-refractivity contribution >= 4 is 22.9 Å². The topological polar surface area (TPSA) is 58.2 Å². The van der Waals surface area contributed by atoms with Crippen molar-refractivity contribution in [1.82, 2.24) is 0 Å². The van der Waals surface area contributed by atoms with Gasteiger partial charge in [-0.05, 0) is 24.3 Å². The van der Waals surface area contributed by atoms with E-state index in [1.165, 1.54) is 0 Å². The monoisotopic (exact) mass is 266 g/mol. The molecule has 0 bridgehead atoms. The molecule has 1 fully saturated rings. The number of para-hydroxylation sites is 2. The van der Waals surface area contributed by atoms with Crippen molar-refractivity contribution < 1.29 is 9.59 Å². The number of nitrogens with one attached hydrogen (secondary N) is 2. The Labute approximate surface area is 116 Å². The fraction of sp³-hybridized carbons (Fsp3) is 0.125. The lowest BCUT2D eigenvalue weighted by molar-refractivity contribution is -0.144. The van der Waals surface area contributed by atoms with Gasteiger partial charge in [0, 0.05) is 11.4 Å². The molecule has 0 aromatic heterocycles. The van der Waals surface area contributed by atoms with Crippen LogP contribution in [0.3, 0.4) is 0 Å². The second-order valence-electron chi connectivity index (χ2n) is 4.70. The number of ketones is 2. The Morgan fingerprint density at radius 2 is 0.950 bits per heavy atom. The van der Waals surface area contributed by atoms with Crippen LogP contribution in [0.2, 0.25) is 0 Å². The molecule has 1 aliphatic carbocycles. The molecule has 2 aromatic rings. The maximum Gasteiger partial charge on any atom is 0.225 e. The van der Waals surface area contributed by atoms with Crippen molar-refractivity contribution in [3.8, 4) is 0 Å². The molecule has 2 N–H and O–H groups in total. The van der Waals surface area contributed by atoms with Gasteiger partial charge in [-0.15, -0.1) is 0 Å². The highest BCUT2D eigenvalue weighted by Crippen LogP contribution is 2.22. The molecule has 2 unspecified atom stereocenters. The molecule has 0 spiro atoms. The molecule has 3 rings (SSSR count). The largest absolute Gasteiger partial charge is 0.373 e. The Balaban J connectivity index is 1.73. The number of hydrogen-bond donors (Lipinski definition) is 2. The maximum atomic E-state index is 11.7. The number of benzene rings is 2. The van der Waals surface area contributed by atoms with E-state index < -0.39 is 12.1 Å². The summed E-state index contributed by atoms with van der Waals surface area (Å²) in [4.78, 5) is 23.4. The number of rotatable bonds is 4. The van der Waals surface area contributed by atoms with Gasteiger partial charge >= 0.3 is 0 Å². The Hall–Kier alpha value is -2.62. The molecule has 2 atom stereocenters. The van der Waals surface area contributed by atoms with Crippen LogP contribution in [0.15, 0.2) is 60.7 Å². The van der Waals surface area contributed by atoms with Crippen LogP contribution in [0, 0.1) is 0 Å². The van der Waals surface area contributed by atoms with E-state index in [0.29, 0.717) is 0 Å². The Morgan fingerprint density at radius 1 is 0.600 bits per heavy atom. The number of Topliss-reactive ketones (excluding diaryl/α,β-unsaturated/α-hetero) is 2. The van der Waals surface area contributed by atoms with E-state index in [2.05, 4.69) is 10.6 Å². The smallest absolute Gasteiger partial charge is 0.225 e. The van der Waals surface area contributed by atoms with Crippen molar-refractivity contribution in [2.75, 3.05) is 10.6 Å². The fourth-order valence-electron chi connectivity index (χ4n) is 2.24. The highest BCUT2D eigenvalue weighted by Gasteiger charge is 2.49. The lowest BCUT2D eigenvalue weighted by atomic mass is 9.82. The highest BCUT2D eigenvalue weighted by atomic mass is 16.2. The number of carbonyl (C=O) groups excluding carboxylic acids is 2. The van der Waals surface area contributed by atoms with Gasteiger partial charge in [0.2, 0.25) is 11.6 Å². The van der Waals surface area contributed by atoms with E-state index in [4.69, 9.17) is 0 Å². The molecule has 0 radical (unpaired) electrons. The summed E-state index contributed by atoms with van der Waals surface area (Å²) in [6, 6.07) is 17.8. The second-order valence-corrected chi connectivity index (χ2v) is 4.70. The number of anilines is 2. The second kappa shape index (κ2) is 5.17. The van der Waals surface area contributed by atoms with Crippen molar-refractivity contribution in [1.29, 1.82) is 0 Å². The van der Waals surface area contributed by atoms with Gasteiger partial charge in [0.15, 0.2) is 0 Å². The summed E-state index contributed by atoms with van der Waals surface area (Å²) < 4.78 is 0. The first-order chi connectivity index (χ1) is 9.75. The normalized spacial score (nSPS) is 21.2. The van der Waals surface area contributed by atoms with Gasteiger partial charge in [-0.25, -0.2) is 0 Å². The van der Waals surface area contributed by atoms with Crippen molar-refractivity contribution in [2.24, 2.45) is 0 Å². The zero-order chi connectivity index (χ0) is 13.9. The van der Waals surface area contributed by atoms with Gasteiger partial charge in [-0.3, -0.25) is 9.59 Å². The van der Waals surface area contributed by atoms with Gasteiger partial charge in [0.05, 0.1) is 0 Å². The average Bonchev–Trinajstić information content (AvgIpc) is 2.52. The van der Waals surface area contributed by atoms with Crippen LogP contribution >= 0.6 is 0 Å². The van der Waals surface area contributed by atoms with Crippen LogP contribution in [-0.4, -0.2) is 23.7 Å². The summed E-state index contributed by atoms with van der Waals surface area (Å²) in [6.45, 7) is 0. The summed E-state index contributed by atoms with van der Waals surface area (Å²) in [5.41, 5.74) is 1.66. The molecule has 0 amide bonds. The molecule has 0 saturated heterocycles. The highest BCUT2D eigenvalue weighted by molar-refractivity contribution is 6.50. The van der Waals surface area contributed by atoms with Crippen molar-refractivity contribution in [2.45, 2.75) is 12.1 Å². The molecule has 0 heterocycles. The van der Waals surface area contributed by atoms with Crippen LogP contribution in [0.5, 0.6) is 0 Å². The first-order valence-corrected chi connectivity index (χ1v) is 6.47.